The summed E-state index contributed by atoms with van der Waals surface area (Å²) in [7, 11) is 2.96. The maximum absolute atomic E-state index is 13.8. The Morgan fingerprint density at radius 2 is 2.33 bits per heavy atom. The summed E-state index contributed by atoms with van der Waals surface area (Å²) in [6.45, 7) is 0. The molecule has 0 atom stereocenters. The van der Waals surface area contributed by atoms with Crippen molar-refractivity contribution < 1.29 is 13.9 Å². The highest BCUT2D eigenvalue weighted by molar-refractivity contribution is 5.93. The number of hydrogen-bond acceptors (Lipinski definition) is 3. The smallest absolute Gasteiger partial charge is 0.342 e. The Kier molecular flexibility index (Phi) is 2.15. The van der Waals surface area contributed by atoms with E-state index in [1.54, 1.807) is 23.9 Å². The lowest BCUT2D eigenvalue weighted by Gasteiger charge is -2.02. The first-order valence-corrected chi connectivity index (χ1v) is 4.33. The summed E-state index contributed by atoms with van der Waals surface area (Å²) in [5.41, 5.74) is 0.358. The molecule has 78 valence electrons. The van der Waals surface area contributed by atoms with Crippen molar-refractivity contribution in [3.63, 3.8) is 0 Å². The summed E-state index contributed by atoms with van der Waals surface area (Å²) >= 11 is 0. The number of halogens is 1. The van der Waals surface area contributed by atoms with Gasteiger partial charge in [-0.15, -0.1) is 0 Å². The van der Waals surface area contributed by atoms with Gasteiger partial charge < -0.3 is 9.30 Å². The second-order valence-electron chi connectivity index (χ2n) is 3.14. The quantitative estimate of drug-likeness (QED) is 0.667. The van der Waals surface area contributed by atoms with Crippen molar-refractivity contribution in [3.8, 4) is 0 Å². The highest BCUT2D eigenvalue weighted by atomic mass is 19.1. The van der Waals surface area contributed by atoms with Gasteiger partial charge in [-0.1, -0.05) is 0 Å². The molecule has 0 saturated carbocycles. The fraction of sp³-hybridized carbons (Fsp3) is 0.200. The molecule has 0 aliphatic carbocycles. The fourth-order valence-corrected chi connectivity index (χ4v) is 1.43. The predicted octanol–water partition coefficient (Wildman–Crippen LogP) is 1.50. The number of methoxy groups -OCH3 is 1. The molecule has 0 fully saturated rings. The molecule has 2 rings (SSSR count). The van der Waals surface area contributed by atoms with Gasteiger partial charge in [-0.05, 0) is 6.07 Å². The number of esters is 1. The molecule has 4 nitrogen and oxygen atoms in total. The molecule has 0 radical (unpaired) electrons. The number of ether oxygens (including phenoxy) is 1. The number of fused-ring (bicyclic) bond motifs is 1. The molecular formula is C10H9FN2O2. The minimum absolute atomic E-state index is 0.142. The van der Waals surface area contributed by atoms with E-state index in [1.165, 1.54) is 13.3 Å². The monoisotopic (exact) mass is 208 g/mol. The molecule has 0 N–H and O–H groups in total. The number of hydrogen-bond donors (Lipinski definition) is 0. The summed E-state index contributed by atoms with van der Waals surface area (Å²) in [5, 5.41) is 0.320. The molecule has 5 heteroatoms. The molecule has 15 heavy (non-hydrogen) atoms. The Hall–Kier alpha value is -1.91. The summed E-state index contributed by atoms with van der Waals surface area (Å²) < 4.78 is 19.9. The average Bonchev–Trinajstić information content (AvgIpc) is 2.61. The van der Waals surface area contributed by atoms with Crippen LogP contribution in [0.4, 0.5) is 4.39 Å². The largest absolute Gasteiger partial charge is 0.465 e. The third kappa shape index (κ3) is 1.36. The third-order valence-electron chi connectivity index (χ3n) is 2.23. The fourth-order valence-electron chi connectivity index (χ4n) is 1.43. The van der Waals surface area contributed by atoms with Crippen LogP contribution in [-0.2, 0) is 11.8 Å². The molecule has 0 spiro atoms. The first-order valence-electron chi connectivity index (χ1n) is 4.33. The highest BCUT2D eigenvalue weighted by Gasteiger charge is 2.16. The predicted molar refractivity (Wildman–Crippen MR) is 52.0 cm³/mol. The zero-order valence-corrected chi connectivity index (χ0v) is 8.32. The van der Waals surface area contributed by atoms with E-state index in [0.717, 1.165) is 0 Å². The number of aromatic nitrogens is 2. The van der Waals surface area contributed by atoms with Crippen LogP contribution in [0.1, 0.15) is 10.4 Å². The molecule has 0 bridgehead atoms. The van der Waals surface area contributed by atoms with Gasteiger partial charge in [0.15, 0.2) is 0 Å². The minimum atomic E-state index is -0.717. The Morgan fingerprint density at radius 3 is 3.00 bits per heavy atom. The van der Waals surface area contributed by atoms with Crippen LogP contribution >= 0.6 is 0 Å². The van der Waals surface area contributed by atoms with Crippen LogP contribution in [-0.4, -0.2) is 22.6 Å². The lowest BCUT2D eigenvalue weighted by atomic mass is 10.2. The van der Waals surface area contributed by atoms with Crippen molar-refractivity contribution in [1.29, 1.82) is 0 Å². The molecule has 0 aromatic carbocycles. The van der Waals surface area contributed by atoms with E-state index in [4.69, 9.17) is 0 Å². The van der Waals surface area contributed by atoms with E-state index in [1.807, 2.05) is 0 Å². The average molecular weight is 208 g/mol. The first-order chi connectivity index (χ1) is 7.15. The van der Waals surface area contributed by atoms with Crippen molar-refractivity contribution in [2.45, 2.75) is 0 Å². The van der Waals surface area contributed by atoms with Crippen molar-refractivity contribution in [2.75, 3.05) is 7.11 Å². The first kappa shape index (κ1) is 9.64. The standard InChI is InChI=1S/C10H9FN2O2/c1-13-4-3-6-8(11)7(10(14)15-2)5-12-9(6)13/h3-5H,1-2H3. The highest BCUT2D eigenvalue weighted by Crippen LogP contribution is 2.19. The molecular weight excluding hydrogens is 199 g/mol. The summed E-state index contributed by atoms with van der Waals surface area (Å²) in [6, 6.07) is 1.57. The second-order valence-corrected chi connectivity index (χ2v) is 3.14. The maximum Gasteiger partial charge on any atom is 0.342 e. The molecule has 0 unspecified atom stereocenters. The van der Waals surface area contributed by atoms with Gasteiger partial charge in [-0.2, -0.15) is 0 Å². The van der Waals surface area contributed by atoms with Crippen LogP contribution in [0.3, 0.4) is 0 Å². The Balaban J connectivity index is 2.71. The van der Waals surface area contributed by atoms with Crippen molar-refractivity contribution in [1.82, 2.24) is 9.55 Å². The molecule has 2 aromatic heterocycles. The van der Waals surface area contributed by atoms with E-state index in [2.05, 4.69) is 9.72 Å². The van der Waals surface area contributed by atoms with Crippen LogP contribution in [0, 0.1) is 5.82 Å². The number of rotatable bonds is 1. The lowest BCUT2D eigenvalue weighted by Crippen LogP contribution is -2.05. The van der Waals surface area contributed by atoms with Gasteiger partial charge in [0.05, 0.1) is 12.5 Å². The van der Waals surface area contributed by atoms with Gasteiger partial charge in [0.25, 0.3) is 0 Å². The number of pyridine rings is 1. The molecule has 2 aromatic rings. The molecule has 0 saturated heterocycles. The zero-order valence-electron chi connectivity index (χ0n) is 8.32. The second kappa shape index (κ2) is 3.34. The normalized spacial score (nSPS) is 10.6. The van der Waals surface area contributed by atoms with Crippen LogP contribution in [0.2, 0.25) is 0 Å². The molecule has 0 aliphatic rings. The lowest BCUT2D eigenvalue weighted by molar-refractivity contribution is 0.0595. The number of carbonyl (C=O) groups is 1. The Morgan fingerprint density at radius 1 is 1.60 bits per heavy atom. The SMILES string of the molecule is COC(=O)c1cnc2c(ccn2C)c1F. The van der Waals surface area contributed by atoms with Crippen molar-refractivity contribution in [2.24, 2.45) is 7.05 Å². The van der Waals surface area contributed by atoms with Gasteiger partial charge in [-0.3, -0.25) is 0 Å². The Bertz CT molecular complexity index is 533. The third-order valence-corrected chi connectivity index (χ3v) is 2.23. The topological polar surface area (TPSA) is 44.1 Å². The van der Waals surface area contributed by atoms with Crippen molar-refractivity contribution >= 4 is 17.0 Å². The number of carbonyl (C=O) groups excluding carboxylic acids is 1. The van der Waals surface area contributed by atoms with Crippen LogP contribution in [0.15, 0.2) is 18.5 Å². The Labute approximate surface area is 85.3 Å². The van der Waals surface area contributed by atoms with Gasteiger partial charge in [0, 0.05) is 19.4 Å². The van der Waals surface area contributed by atoms with Gasteiger partial charge in [-0.25, -0.2) is 14.2 Å². The summed E-state index contributed by atoms with van der Waals surface area (Å²) in [4.78, 5) is 15.2. The van der Waals surface area contributed by atoms with E-state index in [-0.39, 0.29) is 5.56 Å². The van der Waals surface area contributed by atoms with Gasteiger partial charge >= 0.3 is 5.97 Å². The van der Waals surface area contributed by atoms with E-state index in [9.17, 15) is 9.18 Å². The zero-order chi connectivity index (χ0) is 11.0. The number of aryl methyl sites for hydroxylation is 1. The van der Waals surface area contributed by atoms with Crippen LogP contribution < -0.4 is 0 Å². The molecule has 0 amide bonds. The minimum Gasteiger partial charge on any atom is -0.465 e. The van der Waals surface area contributed by atoms with E-state index < -0.39 is 11.8 Å². The van der Waals surface area contributed by atoms with Gasteiger partial charge in [0.1, 0.15) is 17.0 Å². The van der Waals surface area contributed by atoms with Crippen molar-refractivity contribution in [3.05, 3.63) is 29.8 Å². The van der Waals surface area contributed by atoms with E-state index in [0.29, 0.717) is 11.0 Å². The molecule has 0 aliphatic heterocycles. The van der Waals surface area contributed by atoms with Gasteiger partial charge in [0.2, 0.25) is 0 Å². The van der Waals surface area contributed by atoms with E-state index >= 15 is 0 Å². The summed E-state index contributed by atoms with van der Waals surface area (Å²) in [5.74, 6) is -1.31. The van der Waals surface area contributed by atoms with Crippen LogP contribution in [0.25, 0.3) is 11.0 Å². The van der Waals surface area contributed by atoms with Crippen LogP contribution in [0.5, 0.6) is 0 Å². The number of nitrogens with zero attached hydrogens (tertiary/aromatic N) is 2. The maximum atomic E-state index is 13.8. The molecule has 2 heterocycles. The summed E-state index contributed by atoms with van der Waals surface area (Å²) in [6.07, 6.45) is 2.87.